The smallest absolute Gasteiger partial charge is 0.311 e. The molecule has 1 N–H and O–H groups in total. The predicted octanol–water partition coefficient (Wildman–Crippen LogP) is 4.27. The number of carbonyl (C=O) groups is 2. The number of aliphatic carboxylic acids is 1. The van der Waals surface area contributed by atoms with Crippen LogP contribution in [0.5, 0.6) is 11.5 Å². The summed E-state index contributed by atoms with van der Waals surface area (Å²) in [6.45, 7) is 0. The lowest BCUT2D eigenvalue weighted by Crippen LogP contribution is -2.08. The number of nitrogens with zero attached hydrogens (tertiary/aromatic N) is 2. The van der Waals surface area contributed by atoms with Crippen molar-refractivity contribution in [3.8, 4) is 11.5 Å². The Kier molecular flexibility index (Phi) is 4.81. The van der Waals surface area contributed by atoms with Crippen molar-refractivity contribution in [1.29, 1.82) is 0 Å². The van der Waals surface area contributed by atoms with Gasteiger partial charge in [-0.05, 0) is 54.9 Å². The summed E-state index contributed by atoms with van der Waals surface area (Å²) in [6.07, 6.45) is -0.427. The Morgan fingerprint density at radius 3 is 2.24 bits per heavy atom. The first-order valence-corrected chi connectivity index (χ1v) is 7.33. The third-order valence-electron chi connectivity index (χ3n) is 2.91. The van der Waals surface area contributed by atoms with E-state index in [-0.39, 0.29) is 24.9 Å². The van der Waals surface area contributed by atoms with Gasteiger partial charge >= 0.3 is 11.9 Å². The molecule has 0 atom stereocenters. The molecule has 2 rings (SSSR count). The maximum Gasteiger partial charge on any atom is 0.311 e. The molecule has 2 aromatic carbocycles. The van der Waals surface area contributed by atoms with Gasteiger partial charge in [-0.15, -0.1) is 0 Å². The Bertz CT molecular complexity index is 919. The Morgan fingerprint density at radius 2 is 1.64 bits per heavy atom. The lowest BCUT2D eigenvalue weighted by atomic mass is 10.2. The molecule has 0 unspecified atom stereocenters. The van der Waals surface area contributed by atoms with E-state index in [9.17, 15) is 9.59 Å². The zero-order chi connectivity index (χ0) is 21.6. The van der Waals surface area contributed by atoms with Crippen LogP contribution in [0.4, 0.5) is 11.4 Å². The number of ether oxygens (including phenoxy) is 2. The van der Waals surface area contributed by atoms with Crippen molar-refractivity contribution >= 4 is 23.3 Å². The van der Waals surface area contributed by atoms with Crippen LogP contribution in [0.3, 0.4) is 0 Å². The highest BCUT2D eigenvalue weighted by atomic mass is 16.5. The number of carboxylic acids is 1. The van der Waals surface area contributed by atoms with Crippen molar-refractivity contribution in [3.63, 3.8) is 0 Å². The highest BCUT2D eigenvalue weighted by Crippen LogP contribution is 2.23. The number of methoxy groups -OCH3 is 1. The third-order valence-corrected chi connectivity index (χ3v) is 2.91. The molecule has 0 saturated carbocycles. The van der Waals surface area contributed by atoms with Crippen LogP contribution in [0.25, 0.3) is 0 Å². The summed E-state index contributed by atoms with van der Waals surface area (Å²) in [4.78, 5) is 22.3. The van der Waals surface area contributed by atoms with Gasteiger partial charge in [0.15, 0.2) is 0 Å². The molecule has 0 saturated heterocycles. The first-order valence-electron chi connectivity index (χ1n) is 9.33. The van der Waals surface area contributed by atoms with Gasteiger partial charge in [-0.25, -0.2) is 0 Å². The summed E-state index contributed by atoms with van der Waals surface area (Å²) in [5.41, 5.74) is 0.109. The average molecular weight is 346 g/mol. The number of esters is 1. The summed E-state index contributed by atoms with van der Waals surface area (Å²) in [6, 6.07) is 4.31. The fourth-order valence-electron chi connectivity index (χ4n) is 1.70. The van der Waals surface area contributed by atoms with Crippen LogP contribution in [0.15, 0.2) is 58.7 Å². The van der Waals surface area contributed by atoms with E-state index >= 15 is 0 Å². The van der Waals surface area contributed by atoms with Gasteiger partial charge in [0.25, 0.3) is 0 Å². The van der Waals surface area contributed by atoms with E-state index in [1.54, 1.807) is 24.3 Å². The Balaban J connectivity index is 2.24. The monoisotopic (exact) mass is 346 g/mol. The van der Waals surface area contributed by atoms with Crippen molar-refractivity contribution < 1.29 is 29.7 Å². The van der Waals surface area contributed by atoms with Gasteiger partial charge in [0.2, 0.25) is 0 Å². The van der Waals surface area contributed by atoms with Crippen molar-refractivity contribution in [3.05, 3.63) is 48.4 Å². The second kappa shape index (κ2) is 9.17. The summed E-state index contributed by atoms with van der Waals surface area (Å²) in [5, 5.41) is 16.3. The minimum absolute atomic E-state index is 0.0322. The number of azo groups is 1. The second-order valence-corrected chi connectivity index (χ2v) is 4.80. The Hall–Kier alpha value is -3.22. The molecule has 0 aliphatic carbocycles. The molecule has 130 valence electrons. The molecule has 7 heteroatoms. The molecule has 0 heterocycles. The third kappa shape index (κ3) is 6.42. The molecule has 25 heavy (non-hydrogen) atoms. The van der Waals surface area contributed by atoms with Gasteiger partial charge in [0.1, 0.15) is 11.5 Å². The van der Waals surface area contributed by atoms with E-state index in [4.69, 9.17) is 20.1 Å². The largest absolute Gasteiger partial charge is 0.497 e. The summed E-state index contributed by atoms with van der Waals surface area (Å²) >= 11 is 0. The number of rotatable bonds is 8. The maximum atomic E-state index is 11.8. The van der Waals surface area contributed by atoms with Crippen molar-refractivity contribution in [2.75, 3.05) is 7.11 Å². The average Bonchev–Trinajstić information content (AvgIpc) is 2.70. The van der Waals surface area contributed by atoms with E-state index in [1.165, 1.54) is 7.11 Å². The molecule has 0 aliphatic rings. The predicted molar refractivity (Wildman–Crippen MR) is 90.7 cm³/mol. The lowest BCUT2D eigenvalue weighted by molar-refractivity contribution is -0.137. The number of carboxylic acid groups (broad SMARTS) is 1. The van der Waals surface area contributed by atoms with E-state index in [0.29, 0.717) is 11.4 Å². The highest BCUT2D eigenvalue weighted by molar-refractivity contribution is 5.73. The molecular formula is C18H18N2O5. The van der Waals surface area contributed by atoms with Crippen LogP contribution in [0, 0.1) is 0 Å². The van der Waals surface area contributed by atoms with Crippen LogP contribution >= 0.6 is 0 Å². The first-order chi connectivity index (χ1) is 13.7. The standard InChI is InChI=1S/C18H18N2O5/c1-24-15-9-5-13(6-10-15)19-20-14-7-11-16(12-8-14)25-18(23)4-2-3-17(21)22/h5-12H,2-4H2,1H3,(H,21,22)/i7D,8D,11D,12D. The minimum atomic E-state index is -1.06. The van der Waals surface area contributed by atoms with Crippen LogP contribution in [0.1, 0.15) is 24.7 Å². The summed E-state index contributed by atoms with van der Waals surface area (Å²) < 4.78 is 41.9. The van der Waals surface area contributed by atoms with Crippen LogP contribution in [-0.2, 0) is 9.59 Å². The molecule has 0 amide bonds. The van der Waals surface area contributed by atoms with E-state index in [2.05, 4.69) is 10.2 Å². The number of hydrogen-bond acceptors (Lipinski definition) is 6. The fraction of sp³-hybridized carbons (Fsp3) is 0.222. The van der Waals surface area contributed by atoms with Gasteiger partial charge in [-0.1, -0.05) is 0 Å². The number of benzene rings is 2. The molecule has 0 aliphatic heterocycles. The van der Waals surface area contributed by atoms with Gasteiger partial charge in [0, 0.05) is 12.8 Å². The van der Waals surface area contributed by atoms with Gasteiger partial charge in [0.05, 0.1) is 24.0 Å². The molecule has 0 bridgehead atoms. The zero-order valence-electron chi connectivity index (χ0n) is 17.4. The molecular weight excluding hydrogens is 324 g/mol. The number of hydrogen-bond donors (Lipinski definition) is 1. The van der Waals surface area contributed by atoms with Crippen molar-refractivity contribution in [1.82, 2.24) is 0 Å². The SMILES string of the molecule is [2H]c1c([2H])c(OC(=O)CCCC(=O)O)c([2H])c([2H])c1N=Nc1ccc(OC)cc1. The molecule has 0 aromatic heterocycles. The molecule has 0 radical (unpaired) electrons. The van der Waals surface area contributed by atoms with Crippen LogP contribution < -0.4 is 9.47 Å². The first kappa shape index (κ1) is 13.1. The van der Waals surface area contributed by atoms with E-state index in [0.717, 1.165) is 0 Å². The van der Waals surface area contributed by atoms with Crippen molar-refractivity contribution in [2.45, 2.75) is 19.3 Å². The summed E-state index contributed by atoms with van der Waals surface area (Å²) in [5.74, 6) is -1.83. The molecule has 2 aromatic rings. The zero-order valence-corrected chi connectivity index (χ0v) is 13.4. The quantitative estimate of drug-likeness (QED) is 0.437. The molecule has 0 fully saturated rings. The van der Waals surface area contributed by atoms with E-state index in [1.807, 2.05) is 0 Å². The number of carbonyl (C=O) groups excluding carboxylic acids is 1. The Morgan fingerprint density at radius 1 is 1.00 bits per heavy atom. The molecule has 0 spiro atoms. The van der Waals surface area contributed by atoms with Gasteiger partial charge in [-0.2, -0.15) is 10.2 Å². The lowest BCUT2D eigenvalue weighted by Gasteiger charge is -2.03. The van der Waals surface area contributed by atoms with E-state index < -0.39 is 41.9 Å². The van der Waals surface area contributed by atoms with Gasteiger partial charge < -0.3 is 14.6 Å². The second-order valence-electron chi connectivity index (χ2n) is 4.80. The fourth-order valence-corrected chi connectivity index (χ4v) is 1.70. The van der Waals surface area contributed by atoms with Gasteiger partial charge in [-0.3, -0.25) is 9.59 Å². The van der Waals surface area contributed by atoms with Crippen LogP contribution in [-0.4, -0.2) is 24.2 Å². The topological polar surface area (TPSA) is 97.6 Å². The Labute approximate surface area is 150 Å². The highest BCUT2D eigenvalue weighted by Gasteiger charge is 2.06. The minimum Gasteiger partial charge on any atom is -0.497 e. The van der Waals surface area contributed by atoms with Crippen LogP contribution in [0.2, 0.25) is 0 Å². The molecule has 7 nitrogen and oxygen atoms in total. The normalized spacial score (nSPS) is 12.8. The summed E-state index contributed by atoms with van der Waals surface area (Å²) in [7, 11) is 1.52. The van der Waals surface area contributed by atoms with Crippen molar-refractivity contribution in [2.24, 2.45) is 10.2 Å². The maximum absolute atomic E-state index is 11.8.